The lowest BCUT2D eigenvalue weighted by molar-refractivity contribution is -0.137. The van der Waals surface area contributed by atoms with E-state index in [1.54, 1.807) is 4.90 Å². The molecule has 3 aliphatic rings. The molecule has 0 bridgehead atoms. The van der Waals surface area contributed by atoms with Gasteiger partial charge in [-0.1, -0.05) is 50.2 Å². The average molecular weight is 841 g/mol. The maximum Gasteiger partial charge on any atom is 0.407 e. The predicted octanol–water partition coefficient (Wildman–Crippen LogP) is 7.70. The maximum absolute atomic E-state index is 13.9. The molecular weight excluding hydrogens is 789 g/mol. The van der Waals surface area contributed by atoms with Crippen LogP contribution in [-0.2, 0) is 19.1 Å². The fourth-order valence-electron chi connectivity index (χ4n) is 9.58. The molecule has 0 saturated carbocycles. The predicted molar refractivity (Wildman–Crippen MR) is 234 cm³/mol. The number of hydrogen-bond donors (Lipinski definition) is 5. The molecule has 9 rings (SSSR count). The number of rotatable bonds is 10. The van der Waals surface area contributed by atoms with E-state index in [2.05, 4.69) is 81.3 Å². The SMILES string of the molecule is COC(=O)NC(C(=O)N1CCC[C@H]1c1nc2cc(-c3ccc4cc(-c5ccc6[nH]c([C@@H]7CCCN7C(=O)C(NC(=O)O)C7CCOCC7)nc6c5)ccc4c3)ccc2[nH]1)C(C)C. The summed E-state index contributed by atoms with van der Waals surface area (Å²) in [4.78, 5) is 71.8. The maximum atomic E-state index is 13.9. The lowest BCUT2D eigenvalue weighted by atomic mass is 9.90. The van der Waals surface area contributed by atoms with Gasteiger partial charge >= 0.3 is 12.2 Å². The molecule has 0 aliphatic carbocycles. The number of carbonyl (C=O) groups excluding carboxylic acids is 3. The summed E-state index contributed by atoms with van der Waals surface area (Å²) >= 11 is 0. The highest BCUT2D eigenvalue weighted by molar-refractivity contribution is 5.93. The highest BCUT2D eigenvalue weighted by Gasteiger charge is 2.40. The molecule has 62 heavy (non-hydrogen) atoms. The number of likely N-dealkylation sites (tertiary alicyclic amines) is 2. The third-order valence-electron chi connectivity index (χ3n) is 12.9. The van der Waals surface area contributed by atoms with Gasteiger partial charge in [0.15, 0.2) is 0 Å². The number of amides is 4. The summed E-state index contributed by atoms with van der Waals surface area (Å²) in [7, 11) is 1.29. The number of hydrogen-bond acceptors (Lipinski definition) is 8. The highest BCUT2D eigenvalue weighted by atomic mass is 16.5. The summed E-state index contributed by atoms with van der Waals surface area (Å²) in [6.45, 7) is 5.98. The van der Waals surface area contributed by atoms with Crippen LogP contribution < -0.4 is 10.6 Å². The smallest absolute Gasteiger partial charge is 0.407 e. The van der Waals surface area contributed by atoms with Gasteiger partial charge in [-0.05, 0) is 120 Å². The van der Waals surface area contributed by atoms with Gasteiger partial charge in [0.1, 0.15) is 23.7 Å². The Labute approximate surface area is 358 Å². The van der Waals surface area contributed by atoms with Gasteiger partial charge in [0.05, 0.1) is 41.3 Å². The molecule has 4 atom stereocenters. The third kappa shape index (κ3) is 8.04. The summed E-state index contributed by atoms with van der Waals surface area (Å²) in [6.07, 6.45) is 2.62. The zero-order valence-electron chi connectivity index (χ0n) is 35.1. The normalized spacial score (nSPS) is 19.4. The fourth-order valence-corrected chi connectivity index (χ4v) is 9.58. The first-order chi connectivity index (χ1) is 30.0. The lowest BCUT2D eigenvalue weighted by Gasteiger charge is -2.33. The number of methoxy groups -OCH3 is 1. The molecule has 0 spiro atoms. The van der Waals surface area contributed by atoms with Crippen molar-refractivity contribution in [2.24, 2.45) is 11.8 Å². The van der Waals surface area contributed by atoms with Crippen LogP contribution in [0.4, 0.5) is 9.59 Å². The summed E-state index contributed by atoms with van der Waals surface area (Å²) in [5.74, 6) is 0.877. The molecule has 5 N–H and O–H groups in total. The highest BCUT2D eigenvalue weighted by Crippen LogP contribution is 2.37. The first-order valence-electron chi connectivity index (χ1n) is 21.6. The van der Waals surface area contributed by atoms with Crippen molar-refractivity contribution < 1.29 is 33.8 Å². The van der Waals surface area contributed by atoms with Crippen LogP contribution in [0, 0.1) is 11.8 Å². The van der Waals surface area contributed by atoms with Gasteiger partial charge in [-0.2, -0.15) is 0 Å². The molecule has 0 radical (unpaired) electrons. The molecular formula is C47H52N8O7. The number of imidazole rings is 2. The first-order valence-corrected chi connectivity index (χ1v) is 21.6. The molecule has 322 valence electrons. The van der Waals surface area contributed by atoms with Crippen molar-refractivity contribution in [1.29, 1.82) is 0 Å². The van der Waals surface area contributed by atoms with Gasteiger partial charge in [0.2, 0.25) is 11.8 Å². The van der Waals surface area contributed by atoms with Gasteiger partial charge in [-0.25, -0.2) is 19.6 Å². The molecule has 6 aromatic rings. The number of aromatic nitrogens is 4. The van der Waals surface area contributed by atoms with Crippen molar-refractivity contribution in [3.8, 4) is 22.3 Å². The van der Waals surface area contributed by atoms with Crippen LogP contribution in [0.2, 0.25) is 0 Å². The van der Waals surface area contributed by atoms with Gasteiger partial charge in [0.25, 0.3) is 0 Å². The number of fused-ring (bicyclic) bond motifs is 3. The summed E-state index contributed by atoms with van der Waals surface area (Å²) in [5, 5.41) is 17.0. The second-order valence-electron chi connectivity index (χ2n) is 17.1. The lowest BCUT2D eigenvalue weighted by Crippen LogP contribution is -2.52. The van der Waals surface area contributed by atoms with E-state index in [0.29, 0.717) is 45.0 Å². The molecule has 2 aromatic heterocycles. The van der Waals surface area contributed by atoms with E-state index in [-0.39, 0.29) is 35.7 Å². The molecule has 5 heterocycles. The van der Waals surface area contributed by atoms with Gasteiger partial charge in [-0.3, -0.25) is 9.59 Å². The van der Waals surface area contributed by atoms with Crippen molar-refractivity contribution in [1.82, 2.24) is 40.4 Å². The first kappa shape index (κ1) is 40.9. The van der Waals surface area contributed by atoms with E-state index < -0.39 is 24.3 Å². The average Bonchev–Trinajstić information content (AvgIpc) is 4.12. The number of carbonyl (C=O) groups is 4. The van der Waals surface area contributed by atoms with Gasteiger partial charge in [0, 0.05) is 26.3 Å². The number of H-pyrrole nitrogens is 2. The quantitative estimate of drug-likeness (QED) is 0.0919. The molecule has 4 amide bonds. The Bertz CT molecular complexity index is 2670. The van der Waals surface area contributed by atoms with Gasteiger partial charge in [-0.15, -0.1) is 0 Å². The number of aromatic amines is 2. The zero-order chi connectivity index (χ0) is 43.1. The Balaban J connectivity index is 0.915. The van der Waals surface area contributed by atoms with E-state index in [1.807, 2.05) is 30.9 Å². The van der Waals surface area contributed by atoms with Crippen LogP contribution in [0.3, 0.4) is 0 Å². The molecule has 15 heteroatoms. The minimum absolute atomic E-state index is 0.112. The fraction of sp³-hybridized carbons (Fsp3) is 0.404. The van der Waals surface area contributed by atoms with E-state index in [9.17, 15) is 24.3 Å². The Morgan fingerprint density at radius 2 is 1.21 bits per heavy atom. The largest absolute Gasteiger partial charge is 0.465 e. The monoisotopic (exact) mass is 840 g/mol. The van der Waals surface area contributed by atoms with E-state index in [4.69, 9.17) is 19.4 Å². The van der Waals surface area contributed by atoms with Crippen molar-refractivity contribution in [2.75, 3.05) is 33.4 Å². The Hall–Kier alpha value is -6.48. The van der Waals surface area contributed by atoms with Crippen LogP contribution in [-0.4, -0.2) is 104 Å². The van der Waals surface area contributed by atoms with Crippen molar-refractivity contribution in [3.63, 3.8) is 0 Å². The Kier molecular flexibility index (Phi) is 11.3. The van der Waals surface area contributed by atoms with Crippen LogP contribution in [0.1, 0.15) is 76.1 Å². The van der Waals surface area contributed by atoms with Crippen molar-refractivity contribution in [3.05, 3.63) is 84.4 Å². The van der Waals surface area contributed by atoms with E-state index in [1.165, 1.54) is 7.11 Å². The minimum Gasteiger partial charge on any atom is -0.465 e. The van der Waals surface area contributed by atoms with Crippen molar-refractivity contribution in [2.45, 2.75) is 76.5 Å². The number of ether oxygens (including phenoxy) is 2. The minimum atomic E-state index is -1.20. The van der Waals surface area contributed by atoms with E-state index >= 15 is 0 Å². The third-order valence-corrected chi connectivity index (χ3v) is 12.9. The van der Waals surface area contributed by atoms with Crippen LogP contribution in [0.5, 0.6) is 0 Å². The number of nitrogens with one attached hydrogen (secondary N) is 4. The summed E-state index contributed by atoms with van der Waals surface area (Å²) in [5.41, 5.74) is 7.56. The Morgan fingerprint density at radius 1 is 0.710 bits per heavy atom. The molecule has 2 unspecified atom stereocenters. The number of carboxylic acid groups (broad SMARTS) is 1. The van der Waals surface area contributed by atoms with Crippen LogP contribution >= 0.6 is 0 Å². The molecule has 15 nitrogen and oxygen atoms in total. The molecule has 4 aromatic carbocycles. The topological polar surface area (TPSA) is 195 Å². The molecule has 3 fully saturated rings. The second-order valence-corrected chi connectivity index (χ2v) is 17.1. The standard InChI is InChI=1S/C47H52N8O7/c1-26(2)40(53-47(60)61-3)44(56)54-18-4-6-38(54)42-48-34-14-12-32(24-36(34)50-42)30-10-8-29-23-31(11-9-28(29)22-30)33-13-15-35-37(25-33)51-43(49-35)39-7-5-19-55(39)45(57)41(52-46(58)59)27-16-20-62-21-17-27/h8-15,22-27,38-41,52H,4-7,16-21H2,1-3H3,(H,48,50)(H,49,51)(H,53,60)(H,58,59)/t38-,39-,40?,41?/m0/s1. The summed E-state index contributed by atoms with van der Waals surface area (Å²) < 4.78 is 10.3. The van der Waals surface area contributed by atoms with Crippen LogP contribution in [0.25, 0.3) is 55.1 Å². The zero-order valence-corrected chi connectivity index (χ0v) is 35.1. The number of benzene rings is 4. The second kappa shape index (κ2) is 17.1. The number of alkyl carbamates (subject to hydrolysis) is 1. The Morgan fingerprint density at radius 3 is 1.71 bits per heavy atom. The van der Waals surface area contributed by atoms with Crippen LogP contribution in [0.15, 0.2) is 72.8 Å². The summed E-state index contributed by atoms with van der Waals surface area (Å²) in [6, 6.07) is 23.2. The molecule has 3 aliphatic heterocycles. The van der Waals surface area contributed by atoms with Gasteiger partial charge < -0.3 is 45.0 Å². The van der Waals surface area contributed by atoms with E-state index in [0.717, 1.165) is 86.6 Å². The van der Waals surface area contributed by atoms with Crippen molar-refractivity contribution >= 4 is 56.8 Å². The molecule has 3 saturated heterocycles. The number of nitrogens with zero attached hydrogens (tertiary/aromatic N) is 4.